The van der Waals surface area contributed by atoms with Gasteiger partial charge < -0.3 is 10.1 Å². The van der Waals surface area contributed by atoms with E-state index in [0.29, 0.717) is 11.6 Å². The monoisotopic (exact) mass is 303 g/mol. The van der Waals surface area contributed by atoms with E-state index in [0.717, 1.165) is 12.2 Å². The van der Waals surface area contributed by atoms with E-state index in [-0.39, 0.29) is 6.04 Å². The first-order chi connectivity index (χ1) is 10.2. The van der Waals surface area contributed by atoms with E-state index in [1.165, 1.54) is 17.5 Å². The second-order valence-electron chi connectivity index (χ2n) is 5.07. The van der Waals surface area contributed by atoms with Crippen molar-refractivity contribution in [2.45, 2.75) is 25.8 Å². The molecule has 0 heterocycles. The molecule has 0 fully saturated rings. The molecule has 0 radical (unpaired) electrons. The predicted octanol–water partition coefficient (Wildman–Crippen LogP) is 4.63. The fourth-order valence-corrected chi connectivity index (χ4v) is 2.48. The lowest BCUT2D eigenvalue weighted by molar-refractivity contribution is 0.273. The first-order valence-corrected chi connectivity index (χ1v) is 7.75. The average Bonchev–Trinajstić information content (AvgIpc) is 2.51. The highest BCUT2D eigenvalue weighted by molar-refractivity contribution is 6.32. The van der Waals surface area contributed by atoms with Crippen molar-refractivity contribution in [3.05, 3.63) is 64.7 Å². The van der Waals surface area contributed by atoms with E-state index >= 15 is 0 Å². The van der Waals surface area contributed by atoms with Crippen LogP contribution in [0.25, 0.3) is 0 Å². The van der Waals surface area contributed by atoms with Crippen LogP contribution in [0.15, 0.2) is 48.5 Å². The van der Waals surface area contributed by atoms with Crippen molar-refractivity contribution in [2.24, 2.45) is 0 Å². The number of nitrogens with one attached hydrogen (secondary N) is 1. The molecule has 1 N–H and O–H groups in total. The molecule has 112 valence electrons. The molecule has 0 spiro atoms. The van der Waals surface area contributed by atoms with Crippen LogP contribution in [0.5, 0.6) is 5.75 Å². The first-order valence-electron chi connectivity index (χ1n) is 7.38. The van der Waals surface area contributed by atoms with Crippen LogP contribution in [0, 0.1) is 0 Å². The average molecular weight is 304 g/mol. The zero-order chi connectivity index (χ0) is 15.1. The molecule has 0 aliphatic rings. The van der Waals surface area contributed by atoms with E-state index in [9.17, 15) is 0 Å². The Morgan fingerprint density at radius 2 is 1.81 bits per heavy atom. The molecule has 1 atom stereocenters. The van der Waals surface area contributed by atoms with E-state index in [1.807, 2.05) is 31.3 Å². The summed E-state index contributed by atoms with van der Waals surface area (Å²) in [5.74, 6) is 0.724. The van der Waals surface area contributed by atoms with Crippen LogP contribution in [0.2, 0.25) is 5.02 Å². The van der Waals surface area contributed by atoms with Crippen molar-refractivity contribution in [1.82, 2.24) is 5.32 Å². The zero-order valence-corrected chi connectivity index (χ0v) is 13.4. The molecule has 2 aromatic carbocycles. The molecule has 0 saturated heterocycles. The second kappa shape index (κ2) is 8.06. The standard InChI is InChI=1S/C18H22ClNO/c1-3-6-14-9-11-15(12-10-14)17(20-2)13-21-18-8-5-4-7-16(18)19/h4-5,7-12,17,20H,3,6,13H2,1-2H3. The molecule has 0 aliphatic heterocycles. The Balaban J connectivity index is 2.01. The van der Waals surface area contributed by atoms with Crippen molar-refractivity contribution >= 4 is 11.6 Å². The summed E-state index contributed by atoms with van der Waals surface area (Å²) in [7, 11) is 1.95. The lowest BCUT2D eigenvalue weighted by atomic mass is 10.0. The molecular formula is C18H22ClNO. The van der Waals surface area contributed by atoms with E-state index in [2.05, 4.69) is 36.5 Å². The molecule has 0 saturated carbocycles. The Kier molecular flexibility index (Phi) is 6.09. The molecule has 0 bridgehead atoms. The van der Waals surface area contributed by atoms with Gasteiger partial charge >= 0.3 is 0 Å². The number of benzene rings is 2. The number of aryl methyl sites for hydroxylation is 1. The maximum atomic E-state index is 6.11. The highest BCUT2D eigenvalue weighted by Gasteiger charge is 2.11. The Hall–Kier alpha value is -1.51. The van der Waals surface area contributed by atoms with Crippen LogP contribution in [0.1, 0.15) is 30.5 Å². The lowest BCUT2D eigenvalue weighted by Gasteiger charge is -2.18. The summed E-state index contributed by atoms with van der Waals surface area (Å²) in [5.41, 5.74) is 2.60. The summed E-state index contributed by atoms with van der Waals surface area (Å²) >= 11 is 6.11. The number of rotatable bonds is 7. The maximum absolute atomic E-state index is 6.11. The molecule has 0 aliphatic carbocycles. The minimum Gasteiger partial charge on any atom is -0.490 e. The van der Waals surface area contributed by atoms with E-state index < -0.39 is 0 Å². The molecule has 3 heteroatoms. The van der Waals surface area contributed by atoms with Gasteiger partial charge in [0.2, 0.25) is 0 Å². The Bertz CT molecular complexity index is 553. The van der Waals surface area contributed by atoms with Gasteiger partial charge in [0, 0.05) is 0 Å². The molecule has 0 amide bonds. The van der Waals surface area contributed by atoms with E-state index in [1.54, 1.807) is 0 Å². The van der Waals surface area contributed by atoms with Crippen molar-refractivity contribution in [1.29, 1.82) is 0 Å². The number of ether oxygens (including phenoxy) is 1. The fraction of sp³-hybridized carbons (Fsp3) is 0.333. The molecule has 2 rings (SSSR count). The SMILES string of the molecule is CCCc1ccc(C(COc2ccccc2Cl)NC)cc1. The number of likely N-dealkylation sites (N-methyl/N-ethyl adjacent to an activating group) is 1. The van der Waals surface area contributed by atoms with Crippen molar-refractivity contribution in [3.8, 4) is 5.75 Å². The third-order valence-corrected chi connectivity index (χ3v) is 3.82. The normalized spacial score (nSPS) is 12.1. The van der Waals surface area contributed by atoms with Crippen LogP contribution >= 0.6 is 11.6 Å². The lowest BCUT2D eigenvalue weighted by Crippen LogP contribution is -2.23. The topological polar surface area (TPSA) is 21.3 Å². The minimum atomic E-state index is 0.150. The van der Waals surface area contributed by atoms with Crippen molar-refractivity contribution in [3.63, 3.8) is 0 Å². The van der Waals surface area contributed by atoms with Gasteiger partial charge in [-0.1, -0.05) is 61.3 Å². The molecule has 2 aromatic rings. The van der Waals surface area contributed by atoms with Gasteiger partial charge in [-0.25, -0.2) is 0 Å². The quantitative estimate of drug-likeness (QED) is 0.805. The Morgan fingerprint density at radius 1 is 1.10 bits per heavy atom. The van der Waals surface area contributed by atoms with Gasteiger partial charge in [0.15, 0.2) is 0 Å². The summed E-state index contributed by atoms with van der Waals surface area (Å²) in [6.07, 6.45) is 2.30. The summed E-state index contributed by atoms with van der Waals surface area (Å²) in [4.78, 5) is 0. The molecular weight excluding hydrogens is 282 g/mol. The van der Waals surface area contributed by atoms with Gasteiger partial charge in [0.05, 0.1) is 11.1 Å². The van der Waals surface area contributed by atoms with Gasteiger partial charge in [0.1, 0.15) is 12.4 Å². The zero-order valence-electron chi connectivity index (χ0n) is 12.6. The summed E-state index contributed by atoms with van der Waals surface area (Å²) < 4.78 is 5.83. The highest BCUT2D eigenvalue weighted by atomic mass is 35.5. The van der Waals surface area contributed by atoms with Gasteiger partial charge in [-0.3, -0.25) is 0 Å². The van der Waals surface area contributed by atoms with Crippen LogP contribution < -0.4 is 10.1 Å². The molecule has 0 aromatic heterocycles. The Morgan fingerprint density at radius 3 is 2.43 bits per heavy atom. The fourth-order valence-electron chi connectivity index (χ4n) is 2.29. The van der Waals surface area contributed by atoms with Crippen molar-refractivity contribution in [2.75, 3.05) is 13.7 Å². The predicted molar refractivity (Wildman–Crippen MR) is 89.2 cm³/mol. The summed E-state index contributed by atoms with van der Waals surface area (Å²) in [5, 5.41) is 3.94. The van der Waals surface area contributed by atoms with Gasteiger partial charge in [-0.2, -0.15) is 0 Å². The summed E-state index contributed by atoms with van der Waals surface area (Å²) in [6, 6.07) is 16.4. The minimum absolute atomic E-state index is 0.150. The van der Waals surface area contributed by atoms with Crippen molar-refractivity contribution < 1.29 is 4.74 Å². The first kappa shape index (κ1) is 15.9. The molecule has 2 nitrogen and oxygen atoms in total. The number of para-hydroxylation sites is 1. The van der Waals surface area contributed by atoms with Crippen LogP contribution in [-0.2, 0) is 6.42 Å². The summed E-state index contributed by atoms with van der Waals surface area (Å²) in [6.45, 7) is 2.75. The number of hydrogen-bond donors (Lipinski definition) is 1. The van der Waals surface area contributed by atoms with Crippen LogP contribution in [0.3, 0.4) is 0 Å². The highest BCUT2D eigenvalue weighted by Crippen LogP contribution is 2.24. The van der Waals surface area contributed by atoms with Crippen LogP contribution in [0.4, 0.5) is 0 Å². The maximum Gasteiger partial charge on any atom is 0.137 e. The second-order valence-corrected chi connectivity index (χ2v) is 5.48. The van der Waals surface area contributed by atoms with Gasteiger partial charge in [-0.15, -0.1) is 0 Å². The third-order valence-electron chi connectivity index (χ3n) is 3.51. The van der Waals surface area contributed by atoms with Crippen LogP contribution in [-0.4, -0.2) is 13.7 Å². The van der Waals surface area contributed by atoms with Gasteiger partial charge in [0.25, 0.3) is 0 Å². The number of halogens is 1. The van der Waals surface area contributed by atoms with E-state index in [4.69, 9.17) is 16.3 Å². The molecule has 1 unspecified atom stereocenters. The largest absolute Gasteiger partial charge is 0.490 e. The van der Waals surface area contributed by atoms with Gasteiger partial charge in [-0.05, 0) is 36.7 Å². The number of hydrogen-bond acceptors (Lipinski definition) is 2. The molecule has 21 heavy (non-hydrogen) atoms. The smallest absolute Gasteiger partial charge is 0.137 e. The Labute approximate surface area is 132 Å². The third kappa shape index (κ3) is 4.48.